The maximum absolute atomic E-state index is 10.9. The highest BCUT2D eigenvalue weighted by Crippen LogP contribution is 2.19. The van der Waals surface area contributed by atoms with Crippen LogP contribution in [0.5, 0.6) is 0 Å². The average molecular weight is 216 g/mol. The van der Waals surface area contributed by atoms with Gasteiger partial charge in [-0.15, -0.1) is 0 Å². The molecule has 0 rings (SSSR count). The second kappa shape index (κ2) is 6.23. The number of carbonyl (C=O) groups is 1. The van der Waals surface area contributed by atoms with E-state index in [1.54, 1.807) is 7.05 Å². The largest absolute Gasteiger partial charge is 0.409 e. The Morgan fingerprint density at radius 2 is 2.13 bits per heavy atom. The normalized spacial score (nSPS) is 12.6. The van der Waals surface area contributed by atoms with E-state index >= 15 is 0 Å². The van der Waals surface area contributed by atoms with E-state index in [4.69, 9.17) is 10.9 Å². The lowest BCUT2D eigenvalue weighted by Gasteiger charge is -2.22. The summed E-state index contributed by atoms with van der Waals surface area (Å²) < 4.78 is 0. The van der Waals surface area contributed by atoms with Crippen LogP contribution in [0.3, 0.4) is 0 Å². The molecular weight excluding hydrogens is 196 g/mol. The molecule has 15 heavy (non-hydrogen) atoms. The Bertz CT molecular complexity index is 238. The van der Waals surface area contributed by atoms with Gasteiger partial charge in [0.15, 0.2) is 0 Å². The molecule has 0 fully saturated rings. The number of amides is 1. The Balaban J connectivity index is 3.81. The van der Waals surface area contributed by atoms with E-state index in [1.807, 2.05) is 13.8 Å². The lowest BCUT2D eigenvalue weighted by atomic mass is 9.88. The summed E-state index contributed by atoms with van der Waals surface area (Å²) in [5.74, 6) is 0.140. The number of nitrogens with one attached hydrogen (secondary N) is 2. The van der Waals surface area contributed by atoms with Crippen LogP contribution in [0, 0.1) is 5.41 Å². The van der Waals surface area contributed by atoms with Crippen molar-refractivity contribution in [2.45, 2.75) is 20.3 Å². The fourth-order valence-electron chi connectivity index (χ4n) is 0.955. The molecule has 0 aromatic heterocycles. The number of hydrogen-bond acceptors (Lipinski definition) is 4. The van der Waals surface area contributed by atoms with Crippen molar-refractivity contribution in [3.05, 3.63) is 0 Å². The molecule has 0 aliphatic heterocycles. The Morgan fingerprint density at radius 3 is 2.60 bits per heavy atom. The fourth-order valence-corrected chi connectivity index (χ4v) is 0.955. The maximum Gasteiger partial charge on any atom is 0.233 e. The highest BCUT2D eigenvalue weighted by Gasteiger charge is 2.22. The van der Waals surface area contributed by atoms with Crippen LogP contribution >= 0.6 is 0 Å². The van der Waals surface area contributed by atoms with Crippen LogP contribution in [0.2, 0.25) is 0 Å². The first-order valence-corrected chi connectivity index (χ1v) is 4.83. The second-order valence-electron chi connectivity index (χ2n) is 3.97. The molecule has 0 radical (unpaired) electrons. The number of amidine groups is 1. The molecule has 0 heterocycles. The zero-order valence-electron chi connectivity index (χ0n) is 9.50. The van der Waals surface area contributed by atoms with Gasteiger partial charge < -0.3 is 21.6 Å². The van der Waals surface area contributed by atoms with Crippen molar-refractivity contribution in [2.75, 3.05) is 20.1 Å². The lowest BCUT2D eigenvalue weighted by Crippen LogP contribution is -2.37. The second-order valence-corrected chi connectivity index (χ2v) is 3.97. The smallest absolute Gasteiger partial charge is 0.233 e. The predicted octanol–water partition coefficient (Wildman–Crippen LogP) is -0.515. The van der Waals surface area contributed by atoms with Gasteiger partial charge in [-0.05, 0) is 13.0 Å². The van der Waals surface area contributed by atoms with Crippen molar-refractivity contribution in [1.29, 1.82) is 0 Å². The van der Waals surface area contributed by atoms with Crippen LogP contribution < -0.4 is 16.4 Å². The van der Waals surface area contributed by atoms with Gasteiger partial charge in [-0.1, -0.05) is 19.0 Å². The van der Waals surface area contributed by atoms with Crippen molar-refractivity contribution >= 4 is 11.7 Å². The Labute approximate surface area is 89.9 Å². The van der Waals surface area contributed by atoms with E-state index < -0.39 is 0 Å². The molecule has 0 aromatic rings. The first-order chi connectivity index (χ1) is 6.94. The summed E-state index contributed by atoms with van der Waals surface area (Å²) in [5, 5.41) is 17.0. The van der Waals surface area contributed by atoms with Crippen molar-refractivity contribution < 1.29 is 10.0 Å². The molecule has 0 aliphatic rings. The molecule has 0 bridgehead atoms. The molecule has 0 aromatic carbocycles. The van der Waals surface area contributed by atoms with Gasteiger partial charge in [-0.25, -0.2) is 0 Å². The van der Waals surface area contributed by atoms with E-state index in [2.05, 4.69) is 15.8 Å². The summed E-state index contributed by atoms with van der Waals surface area (Å²) in [4.78, 5) is 10.9. The topological polar surface area (TPSA) is 99.7 Å². The minimum Gasteiger partial charge on any atom is -0.409 e. The predicted molar refractivity (Wildman–Crippen MR) is 58.7 cm³/mol. The first-order valence-electron chi connectivity index (χ1n) is 4.83. The molecule has 88 valence electrons. The van der Waals surface area contributed by atoms with E-state index in [9.17, 15) is 4.79 Å². The van der Waals surface area contributed by atoms with Crippen molar-refractivity contribution in [3.63, 3.8) is 0 Å². The van der Waals surface area contributed by atoms with Crippen LogP contribution in [0.25, 0.3) is 0 Å². The van der Waals surface area contributed by atoms with E-state index in [-0.39, 0.29) is 23.7 Å². The zero-order chi connectivity index (χ0) is 11.9. The lowest BCUT2D eigenvalue weighted by molar-refractivity contribution is -0.119. The van der Waals surface area contributed by atoms with Crippen LogP contribution in [-0.2, 0) is 4.79 Å². The molecule has 0 unspecified atom stereocenters. The molecule has 0 spiro atoms. The van der Waals surface area contributed by atoms with Gasteiger partial charge in [0.25, 0.3) is 0 Å². The number of likely N-dealkylation sites (N-methyl/N-ethyl adjacent to an activating group) is 1. The van der Waals surface area contributed by atoms with Crippen LogP contribution in [0.4, 0.5) is 0 Å². The zero-order valence-corrected chi connectivity index (χ0v) is 9.50. The van der Waals surface area contributed by atoms with E-state index in [0.717, 1.165) is 0 Å². The summed E-state index contributed by atoms with van der Waals surface area (Å²) in [6, 6.07) is 0. The molecule has 0 saturated carbocycles. The SMILES string of the molecule is CNC(=O)CNCCC(C)(C)C(N)=NO. The third-order valence-electron chi connectivity index (χ3n) is 2.29. The van der Waals surface area contributed by atoms with Gasteiger partial charge in [-0.3, -0.25) is 4.79 Å². The third-order valence-corrected chi connectivity index (χ3v) is 2.29. The van der Waals surface area contributed by atoms with Gasteiger partial charge in [0.05, 0.1) is 6.54 Å². The minimum absolute atomic E-state index is 0.0587. The Hall–Kier alpha value is -1.30. The number of nitrogens with two attached hydrogens (primary N) is 1. The summed E-state index contributed by atoms with van der Waals surface area (Å²) in [5.41, 5.74) is 5.14. The van der Waals surface area contributed by atoms with Crippen molar-refractivity contribution in [1.82, 2.24) is 10.6 Å². The maximum atomic E-state index is 10.9. The summed E-state index contributed by atoms with van der Waals surface area (Å²) in [7, 11) is 1.59. The van der Waals surface area contributed by atoms with E-state index in [0.29, 0.717) is 13.0 Å². The van der Waals surface area contributed by atoms with E-state index in [1.165, 1.54) is 0 Å². The molecule has 6 nitrogen and oxygen atoms in total. The van der Waals surface area contributed by atoms with Gasteiger partial charge in [-0.2, -0.15) is 0 Å². The minimum atomic E-state index is -0.371. The number of nitrogens with zero attached hydrogens (tertiary/aromatic N) is 1. The molecule has 5 N–H and O–H groups in total. The monoisotopic (exact) mass is 216 g/mol. The summed E-state index contributed by atoms with van der Waals surface area (Å²) >= 11 is 0. The van der Waals surface area contributed by atoms with Crippen LogP contribution in [0.1, 0.15) is 20.3 Å². The van der Waals surface area contributed by atoms with Crippen molar-refractivity contribution in [3.8, 4) is 0 Å². The molecule has 1 amide bonds. The highest BCUT2D eigenvalue weighted by molar-refractivity contribution is 5.85. The van der Waals surface area contributed by atoms with Crippen molar-refractivity contribution in [2.24, 2.45) is 16.3 Å². The van der Waals surface area contributed by atoms with Gasteiger partial charge in [0, 0.05) is 12.5 Å². The molecule has 0 saturated heterocycles. The van der Waals surface area contributed by atoms with Crippen LogP contribution in [0.15, 0.2) is 5.16 Å². The Kier molecular flexibility index (Phi) is 5.69. The highest BCUT2D eigenvalue weighted by atomic mass is 16.4. The molecule has 6 heteroatoms. The first kappa shape index (κ1) is 13.7. The average Bonchev–Trinajstić information content (AvgIpc) is 2.22. The Morgan fingerprint density at radius 1 is 1.53 bits per heavy atom. The van der Waals surface area contributed by atoms with Gasteiger partial charge in [0.2, 0.25) is 5.91 Å². The standard InChI is InChI=1S/C9H20N4O2/c1-9(2,8(10)13-15)4-5-12-6-7(14)11-3/h12,15H,4-6H2,1-3H3,(H2,10,13)(H,11,14). The molecule has 0 atom stereocenters. The van der Waals surface area contributed by atoms with Gasteiger partial charge >= 0.3 is 0 Å². The number of oxime groups is 1. The molecule has 0 aliphatic carbocycles. The van der Waals surface area contributed by atoms with Crippen LogP contribution in [-0.4, -0.2) is 37.1 Å². The number of hydrogen-bond donors (Lipinski definition) is 4. The quantitative estimate of drug-likeness (QED) is 0.158. The summed E-state index contributed by atoms with van der Waals surface area (Å²) in [6.07, 6.45) is 0.694. The fraction of sp³-hybridized carbons (Fsp3) is 0.778. The number of carbonyl (C=O) groups excluding carboxylic acids is 1. The number of rotatable bonds is 6. The van der Waals surface area contributed by atoms with Gasteiger partial charge in [0.1, 0.15) is 5.84 Å². The molecular formula is C9H20N4O2. The summed E-state index contributed by atoms with van der Waals surface area (Å²) in [6.45, 7) is 4.67. The third kappa shape index (κ3) is 5.21.